The van der Waals surface area contributed by atoms with Crippen molar-refractivity contribution in [3.05, 3.63) is 24.3 Å². The van der Waals surface area contributed by atoms with E-state index in [0.29, 0.717) is 11.7 Å². The van der Waals surface area contributed by atoms with E-state index in [1.807, 2.05) is 49.6 Å². The Kier molecular flexibility index (Phi) is 7.08. The fourth-order valence-corrected chi connectivity index (χ4v) is 3.35. The lowest BCUT2D eigenvalue weighted by atomic mass is 10.1. The molecule has 7 heteroatoms. The van der Waals surface area contributed by atoms with Crippen LogP contribution in [0.2, 0.25) is 0 Å². The summed E-state index contributed by atoms with van der Waals surface area (Å²) in [5.41, 5.74) is 1.43. The summed E-state index contributed by atoms with van der Waals surface area (Å²) in [5, 5.41) is 6.56. The summed E-state index contributed by atoms with van der Waals surface area (Å²) in [6.45, 7) is 8.82. The molecule has 0 aliphatic carbocycles. The molecule has 0 fully saturated rings. The van der Waals surface area contributed by atoms with Gasteiger partial charge in [0.15, 0.2) is 5.16 Å². The first-order chi connectivity index (χ1) is 12.3. The van der Waals surface area contributed by atoms with Gasteiger partial charge in [-0.05, 0) is 39.3 Å². The minimum Gasteiger partial charge on any atom is -0.355 e. The summed E-state index contributed by atoms with van der Waals surface area (Å²) in [4.78, 5) is 29.0. The van der Waals surface area contributed by atoms with Gasteiger partial charge < -0.3 is 15.2 Å². The molecule has 2 N–H and O–H groups in total. The van der Waals surface area contributed by atoms with E-state index in [2.05, 4.69) is 22.5 Å². The molecular formula is C19H28N4O2S. The van der Waals surface area contributed by atoms with Crippen molar-refractivity contribution in [2.75, 3.05) is 12.3 Å². The Labute approximate surface area is 159 Å². The molecule has 0 radical (unpaired) electrons. The van der Waals surface area contributed by atoms with Crippen LogP contribution in [0.25, 0.3) is 11.0 Å². The zero-order valence-corrected chi connectivity index (χ0v) is 16.8. The fourth-order valence-electron chi connectivity index (χ4n) is 2.50. The van der Waals surface area contributed by atoms with E-state index >= 15 is 0 Å². The smallest absolute Gasteiger partial charge is 0.240 e. The van der Waals surface area contributed by atoms with E-state index in [9.17, 15) is 9.59 Å². The molecule has 0 aliphatic heterocycles. The van der Waals surface area contributed by atoms with Crippen LogP contribution in [0.15, 0.2) is 29.4 Å². The molecule has 6 nitrogen and oxygen atoms in total. The van der Waals surface area contributed by atoms with Gasteiger partial charge in [-0.15, -0.1) is 0 Å². The van der Waals surface area contributed by atoms with Gasteiger partial charge in [0, 0.05) is 12.1 Å². The molecule has 1 aromatic carbocycles. The Bertz CT molecular complexity index is 764. The zero-order valence-electron chi connectivity index (χ0n) is 16.0. The predicted octanol–water partition coefficient (Wildman–Crippen LogP) is 2.96. The van der Waals surface area contributed by atoms with Gasteiger partial charge in [-0.1, -0.05) is 37.2 Å². The second kappa shape index (κ2) is 9.07. The number of aromatic nitrogens is 2. The van der Waals surface area contributed by atoms with Crippen LogP contribution in [0.5, 0.6) is 0 Å². The number of imidazole rings is 1. The molecule has 0 spiro atoms. The third-order valence-corrected chi connectivity index (χ3v) is 4.60. The van der Waals surface area contributed by atoms with E-state index in [0.717, 1.165) is 23.9 Å². The highest BCUT2D eigenvalue weighted by Crippen LogP contribution is 2.24. The number of nitrogens with one attached hydrogen (secondary N) is 2. The lowest BCUT2D eigenvalue weighted by Crippen LogP contribution is -2.42. The molecule has 1 heterocycles. The summed E-state index contributed by atoms with van der Waals surface area (Å²) in [5.74, 6) is 0.199. The number of carbonyl (C=O) groups is 2. The number of unbranched alkanes of at least 4 members (excludes halogenated alkanes) is 1. The quantitative estimate of drug-likeness (QED) is 0.549. The number of fused-ring (bicyclic) bond motifs is 1. The number of rotatable bonds is 8. The van der Waals surface area contributed by atoms with E-state index in [1.54, 1.807) is 0 Å². The largest absolute Gasteiger partial charge is 0.355 e. The number of nitrogens with zero attached hydrogens (tertiary/aromatic N) is 2. The second-order valence-electron chi connectivity index (χ2n) is 7.26. The maximum Gasteiger partial charge on any atom is 0.240 e. The molecule has 2 amide bonds. The van der Waals surface area contributed by atoms with Gasteiger partial charge in [-0.25, -0.2) is 4.98 Å². The Hall–Kier alpha value is -2.02. The normalized spacial score (nSPS) is 11.5. The van der Waals surface area contributed by atoms with E-state index < -0.39 is 0 Å². The topological polar surface area (TPSA) is 76.0 Å². The number of amides is 2. The van der Waals surface area contributed by atoms with Crippen LogP contribution < -0.4 is 10.6 Å². The van der Waals surface area contributed by atoms with Crippen LogP contribution in [-0.4, -0.2) is 39.2 Å². The number of thioether (sulfide) groups is 1. The molecule has 2 aromatic rings. The molecule has 0 saturated heterocycles. The minimum atomic E-state index is -0.292. The molecule has 0 saturated carbocycles. The van der Waals surface area contributed by atoms with Gasteiger partial charge >= 0.3 is 0 Å². The van der Waals surface area contributed by atoms with Crippen molar-refractivity contribution in [1.82, 2.24) is 20.2 Å². The van der Waals surface area contributed by atoms with Gasteiger partial charge in [-0.2, -0.15) is 0 Å². The predicted molar refractivity (Wildman–Crippen MR) is 106 cm³/mol. The summed E-state index contributed by atoms with van der Waals surface area (Å²) in [7, 11) is 0. The van der Waals surface area contributed by atoms with Gasteiger partial charge in [0.25, 0.3) is 0 Å². The molecular weight excluding hydrogens is 348 g/mol. The van der Waals surface area contributed by atoms with Gasteiger partial charge in [0.05, 0.1) is 16.8 Å². The van der Waals surface area contributed by atoms with Crippen molar-refractivity contribution < 1.29 is 9.59 Å². The molecule has 2 rings (SSSR count). The zero-order chi connectivity index (χ0) is 19.2. The minimum absolute atomic E-state index is 0.0128. The maximum absolute atomic E-state index is 12.4. The van der Waals surface area contributed by atoms with E-state index in [4.69, 9.17) is 0 Å². The van der Waals surface area contributed by atoms with Crippen molar-refractivity contribution in [1.29, 1.82) is 0 Å². The van der Waals surface area contributed by atoms with Crippen molar-refractivity contribution in [2.24, 2.45) is 0 Å². The van der Waals surface area contributed by atoms with Crippen molar-refractivity contribution >= 4 is 34.6 Å². The average molecular weight is 377 g/mol. The molecule has 142 valence electrons. The Morgan fingerprint density at radius 2 is 1.92 bits per heavy atom. The number of hydrogen-bond acceptors (Lipinski definition) is 4. The molecule has 26 heavy (non-hydrogen) atoms. The molecule has 1 aromatic heterocycles. The molecule has 0 bridgehead atoms. The first-order valence-electron chi connectivity index (χ1n) is 8.96. The Morgan fingerprint density at radius 3 is 2.62 bits per heavy atom. The van der Waals surface area contributed by atoms with Gasteiger partial charge in [0.2, 0.25) is 11.8 Å². The molecule has 0 atom stereocenters. The lowest BCUT2D eigenvalue weighted by Gasteiger charge is -2.21. The Balaban J connectivity index is 2.12. The van der Waals surface area contributed by atoms with E-state index in [-0.39, 0.29) is 29.7 Å². The van der Waals surface area contributed by atoms with Crippen LogP contribution in [0.3, 0.4) is 0 Å². The van der Waals surface area contributed by atoms with Crippen LogP contribution in [-0.2, 0) is 16.1 Å². The number of hydrogen-bond donors (Lipinski definition) is 2. The summed E-state index contributed by atoms with van der Waals surface area (Å²) in [6, 6.07) is 7.70. The Morgan fingerprint density at radius 1 is 1.19 bits per heavy atom. The van der Waals surface area contributed by atoms with Gasteiger partial charge in [0.1, 0.15) is 6.54 Å². The maximum atomic E-state index is 12.4. The number of carbonyl (C=O) groups excluding carboxylic acids is 2. The van der Waals surface area contributed by atoms with Gasteiger partial charge in [-0.3, -0.25) is 9.59 Å². The number of benzene rings is 1. The first-order valence-corrected chi connectivity index (χ1v) is 9.94. The highest BCUT2D eigenvalue weighted by atomic mass is 32.2. The molecule has 0 aliphatic rings. The summed E-state index contributed by atoms with van der Waals surface area (Å²) < 4.78 is 1.88. The summed E-state index contributed by atoms with van der Waals surface area (Å²) in [6.07, 6.45) is 2.02. The standard InChI is InChI=1S/C19H28N4O2S/c1-5-6-11-20-17(25)13-26-18-21-14-9-7-8-10-15(14)23(18)12-16(24)22-19(2,3)4/h7-10H,5-6,11-13H2,1-4H3,(H,20,25)(H,22,24). The number of para-hydroxylation sites is 2. The van der Waals surface area contributed by atoms with Crippen molar-refractivity contribution in [3.8, 4) is 0 Å². The summed E-state index contributed by atoms with van der Waals surface area (Å²) >= 11 is 1.36. The highest BCUT2D eigenvalue weighted by Gasteiger charge is 2.18. The molecule has 0 unspecified atom stereocenters. The van der Waals surface area contributed by atoms with Crippen LogP contribution >= 0.6 is 11.8 Å². The fraction of sp³-hybridized carbons (Fsp3) is 0.526. The lowest BCUT2D eigenvalue weighted by molar-refractivity contribution is -0.123. The van der Waals surface area contributed by atoms with Crippen molar-refractivity contribution in [2.45, 2.75) is 57.8 Å². The first kappa shape index (κ1) is 20.3. The van der Waals surface area contributed by atoms with Crippen molar-refractivity contribution in [3.63, 3.8) is 0 Å². The third-order valence-electron chi connectivity index (χ3n) is 3.62. The van der Waals surface area contributed by atoms with E-state index in [1.165, 1.54) is 11.8 Å². The van der Waals surface area contributed by atoms with Crippen LogP contribution in [0.1, 0.15) is 40.5 Å². The van der Waals surface area contributed by atoms with Crippen LogP contribution in [0, 0.1) is 0 Å². The monoisotopic (exact) mass is 376 g/mol. The second-order valence-corrected chi connectivity index (χ2v) is 8.20. The average Bonchev–Trinajstić information content (AvgIpc) is 2.89. The SMILES string of the molecule is CCCCNC(=O)CSc1nc2ccccc2n1CC(=O)NC(C)(C)C. The third kappa shape index (κ3) is 6.05. The highest BCUT2D eigenvalue weighted by molar-refractivity contribution is 7.99. The van der Waals surface area contributed by atoms with Crippen LogP contribution in [0.4, 0.5) is 0 Å².